The molecule has 2 amide bonds. The lowest BCUT2D eigenvalue weighted by Gasteiger charge is -2.19. The van der Waals surface area contributed by atoms with Crippen molar-refractivity contribution in [2.24, 2.45) is 5.73 Å². The van der Waals surface area contributed by atoms with E-state index >= 15 is 0 Å². The number of benzene rings is 3. The molecule has 3 aromatic carbocycles. The molecule has 0 saturated carbocycles. The van der Waals surface area contributed by atoms with Gasteiger partial charge < -0.3 is 25.8 Å². The smallest absolute Gasteiger partial charge is 0.429 e. The summed E-state index contributed by atoms with van der Waals surface area (Å²) in [5, 5.41) is 5.56. The fourth-order valence-corrected chi connectivity index (χ4v) is 4.18. The standard InChI is InChI=1S/C31H37N3O5/c1-21-17-26(39-31(37)38-20-25-13-8-5-9-14-25)18-22(2)27(21)19-28(32)30(36)34-23(3)29(35)33-16-10-15-24-11-6-4-7-12-24/h4-9,11-14,17-18,23,28H,10,15-16,19-20,32H2,1-3H3,(H,33,35)(H,34,36)/t23-,28-/m1/s1. The van der Waals surface area contributed by atoms with Crippen LogP contribution in [-0.4, -0.2) is 36.6 Å². The number of nitrogens with two attached hydrogens (primary N) is 1. The second-order valence-corrected chi connectivity index (χ2v) is 9.58. The molecule has 3 rings (SSSR count). The van der Waals surface area contributed by atoms with Crippen LogP contribution in [0.3, 0.4) is 0 Å². The minimum absolute atomic E-state index is 0.115. The van der Waals surface area contributed by atoms with Crippen LogP contribution in [0.15, 0.2) is 72.8 Å². The molecule has 0 heterocycles. The van der Waals surface area contributed by atoms with Crippen molar-refractivity contribution in [3.8, 4) is 5.75 Å². The van der Waals surface area contributed by atoms with Crippen molar-refractivity contribution < 1.29 is 23.9 Å². The lowest BCUT2D eigenvalue weighted by atomic mass is 9.96. The van der Waals surface area contributed by atoms with Gasteiger partial charge in [-0.1, -0.05) is 60.7 Å². The minimum atomic E-state index is -0.849. The van der Waals surface area contributed by atoms with Gasteiger partial charge in [0, 0.05) is 6.54 Å². The van der Waals surface area contributed by atoms with Crippen LogP contribution < -0.4 is 21.1 Å². The summed E-state index contributed by atoms with van der Waals surface area (Å²) in [5.41, 5.74) is 10.8. The van der Waals surface area contributed by atoms with Crippen LogP contribution in [0.5, 0.6) is 5.75 Å². The Bertz CT molecular complexity index is 1220. The van der Waals surface area contributed by atoms with E-state index in [2.05, 4.69) is 22.8 Å². The van der Waals surface area contributed by atoms with Crippen LogP contribution in [0.4, 0.5) is 4.79 Å². The van der Waals surface area contributed by atoms with E-state index in [-0.39, 0.29) is 18.9 Å². The van der Waals surface area contributed by atoms with E-state index in [0.717, 1.165) is 35.1 Å². The Morgan fingerprint density at radius 3 is 2.08 bits per heavy atom. The molecule has 4 N–H and O–H groups in total. The molecule has 3 aromatic rings. The average Bonchev–Trinajstić information content (AvgIpc) is 2.92. The second-order valence-electron chi connectivity index (χ2n) is 9.58. The van der Waals surface area contributed by atoms with Gasteiger partial charge in [0.15, 0.2) is 0 Å². The first-order valence-electron chi connectivity index (χ1n) is 13.1. The number of hydrogen-bond acceptors (Lipinski definition) is 6. The topological polar surface area (TPSA) is 120 Å². The monoisotopic (exact) mass is 531 g/mol. The molecule has 0 aromatic heterocycles. The fraction of sp³-hybridized carbons (Fsp3) is 0.323. The van der Waals surface area contributed by atoms with Crippen molar-refractivity contribution in [3.63, 3.8) is 0 Å². The molecule has 0 bridgehead atoms. The third kappa shape index (κ3) is 9.57. The Kier molecular flexibility index (Phi) is 11.1. The van der Waals surface area contributed by atoms with Gasteiger partial charge in [-0.3, -0.25) is 9.59 Å². The zero-order chi connectivity index (χ0) is 28.2. The van der Waals surface area contributed by atoms with Crippen molar-refractivity contribution in [2.45, 2.75) is 58.7 Å². The Hall–Kier alpha value is -4.17. The summed E-state index contributed by atoms with van der Waals surface area (Å²) in [7, 11) is 0. The highest BCUT2D eigenvalue weighted by atomic mass is 16.7. The Morgan fingerprint density at radius 2 is 1.46 bits per heavy atom. The molecule has 0 radical (unpaired) electrons. The molecule has 0 aliphatic heterocycles. The summed E-state index contributed by atoms with van der Waals surface area (Å²) in [6.07, 6.45) is 1.14. The van der Waals surface area contributed by atoms with Crippen molar-refractivity contribution in [3.05, 3.63) is 101 Å². The van der Waals surface area contributed by atoms with Crippen molar-refractivity contribution in [1.29, 1.82) is 0 Å². The first kappa shape index (κ1) is 29.4. The number of aryl methyl sites for hydroxylation is 3. The third-order valence-corrected chi connectivity index (χ3v) is 6.37. The van der Waals surface area contributed by atoms with Crippen molar-refractivity contribution >= 4 is 18.0 Å². The largest absolute Gasteiger partial charge is 0.514 e. The second kappa shape index (κ2) is 14.7. The van der Waals surface area contributed by atoms with Gasteiger partial charge in [0.25, 0.3) is 0 Å². The van der Waals surface area contributed by atoms with Gasteiger partial charge in [0.1, 0.15) is 18.4 Å². The first-order chi connectivity index (χ1) is 18.7. The van der Waals surface area contributed by atoms with Gasteiger partial charge in [-0.15, -0.1) is 0 Å². The number of ether oxygens (including phenoxy) is 2. The van der Waals surface area contributed by atoms with E-state index in [1.54, 1.807) is 19.1 Å². The van der Waals surface area contributed by atoms with Crippen LogP contribution in [0.2, 0.25) is 0 Å². The van der Waals surface area contributed by atoms with Crippen molar-refractivity contribution in [2.75, 3.05) is 6.54 Å². The van der Waals surface area contributed by atoms with Gasteiger partial charge in [0.2, 0.25) is 11.8 Å². The molecule has 0 saturated heterocycles. The SMILES string of the molecule is Cc1cc(OC(=O)OCc2ccccc2)cc(C)c1C[C@@H](N)C(=O)N[C@H](C)C(=O)NCCCc1ccccc1. The maximum Gasteiger partial charge on any atom is 0.514 e. The molecule has 0 aliphatic rings. The molecular formula is C31H37N3O5. The number of hydrogen-bond donors (Lipinski definition) is 3. The van der Waals surface area contributed by atoms with Crippen LogP contribution in [0.1, 0.15) is 41.2 Å². The first-order valence-corrected chi connectivity index (χ1v) is 13.1. The molecule has 39 heavy (non-hydrogen) atoms. The normalized spacial score (nSPS) is 12.2. The van der Waals surface area contributed by atoms with Gasteiger partial charge in [-0.25, -0.2) is 4.79 Å². The summed E-state index contributed by atoms with van der Waals surface area (Å²) < 4.78 is 10.5. The van der Waals surface area contributed by atoms with Gasteiger partial charge >= 0.3 is 6.16 Å². The number of carbonyl (C=O) groups excluding carboxylic acids is 3. The lowest BCUT2D eigenvalue weighted by molar-refractivity contribution is -0.129. The Balaban J connectivity index is 1.45. The number of carbonyl (C=O) groups is 3. The van der Waals surface area contributed by atoms with E-state index in [1.807, 2.05) is 62.4 Å². The van der Waals surface area contributed by atoms with E-state index in [4.69, 9.17) is 15.2 Å². The van der Waals surface area contributed by atoms with Crippen LogP contribution in [0.25, 0.3) is 0 Å². The molecule has 2 atom stereocenters. The highest BCUT2D eigenvalue weighted by Crippen LogP contribution is 2.23. The highest BCUT2D eigenvalue weighted by Gasteiger charge is 2.22. The summed E-state index contributed by atoms with van der Waals surface area (Å²) in [6.45, 7) is 5.99. The summed E-state index contributed by atoms with van der Waals surface area (Å²) >= 11 is 0. The quantitative estimate of drug-likeness (QED) is 0.184. The molecule has 8 heteroatoms. The van der Waals surface area contributed by atoms with E-state index in [9.17, 15) is 14.4 Å². The van der Waals surface area contributed by atoms with E-state index in [0.29, 0.717) is 12.3 Å². The van der Waals surface area contributed by atoms with Crippen LogP contribution >= 0.6 is 0 Å². The summed E-state index contributed by atoms with van der Waals surface area (Å²) in [6, 6.07) is 21.3. The van der Waals surface area contributed by atoms with Gasteiger partial charge in [-0.2, -0.15) is 0 Å². The molecular weight excluding hydrogens is 494 g/mol. The summed E-state index contributed by atoms with van der Waals surface area (Å²) in [5.74, 6) is -0.315. The maximum atomic E-state index is 12.7. The fourth-order valence-electron chi connectivity index (χ4n) is 4.18. The zero-order valence-electron chi connectivity index (χ0n) is 22.7. The predicted octanol–water partition coefficient (Wildman–Crippen LogP) is 4.14. The molecule has 206 valence electrons. The molecule has 0 spiro atoms. The molecule has 0 aliphatic carbocycles. The zero-order valence-corrected chi connectivity index (χ0v) is 22.7. The van der Waals surface area contributed by atoms with Gasteiger partial charge in [-0.05, 0) is 80.0 Å². The molecule has 8 nitrogen and oxygen atoms in total. The van der Waals surface area contributed by atoms with Gasteiger partial charge in [0.05, 0.1) is 6.04 Å². The Labute approximate surface area is 229 Å². The Morgan fingerprint density at radius 1 is 0.872 bits per heavy atom. The lowest BCUT2D eigenvalue weighted by Crippen LogP contribution is -2.51. The maximum absolute atomic E-state index is 12.7. The number of rotatable bonds is 12. The van der Waals surface area contributed by atoms with Crippen molar-refractivity contribution in [1.82, 2.24) is 10.6 Å². The average molecular weight is 532 g/mol. The number of amides is 2. The molecule has 0 unspecified atom stereocenters. The number of nitrogens with one attached hydrogen (secondary N) is 2. The predicted molar refractivity (Wildman–Crippen MR) is 150 cm³/mol. The van der Waals surface area contributed by atoms with Crippen LogP contribution in [-0.2, 0) is 33.8 Å². The highest BCUT2D eigenvalue weighted by molar-refractivity contribution is 5.89. The van der Waals surface area contributed by atoms with Crippen LogP contribution in [0, 0.1) is 13.8 Å². The summed E-state index contributed by atoms with van der Waals surface area (Å²) in [4.78, 5) is 37.2. The third-order valence-electron chi connectivity index (χ3n) is 6.37. The molecule has 0 fully saturated rings. The minimum Gasteiger partial charge on any atom is -0.429 e. The van der Waals surface area contributed by atoms with E-state index < -0.39 is 24.1 Å². The van der Waals surface area contributed by atoms with E-state index in [1.165, 1.54) is 5.56 Å².